The van der Waals surface area contributed by atoms with E-state index in [1.807, 2.05) is 0 Å². The van der Waals surface area contributed by atoms with Crippen LogP contribution in [0.25, 0.3) is 6.08 Å². The van der Waals surface area contributed by atoms with Gasteiger partial charge in [-0.1, -0.05) is 23.9 Å². The first-order valence-corrected chi connectivity index (χ1v) is 8.72. The van der Waals surface area contributed by atoms with E-state index in [1.165, 1.54) is 24.5 Å². The van der Waals surface area contributed by atoms with Gasteiger partial charge in [-0.2, -0.15) is 5.01 Å². The number of thioether (sulfide) groups is 1. The van der Waals surface area contributed by atoms with Crippen LogP contribution in [0.1, 0.15) is 16.1 Å². The molecular formula is C17H11N3O5S2. The Labute approximate surface area is 162 Å². The fraction of sp³-hybridized carbons (Fsp3) is 0. The summed E-state index contributed by atoms with van der Waals surface area (Å²) in [5.41, 5.74) is 2.19. The van der Waals surface area contributed by atoms with Crippen LogP contribution in [0.3, 0.4) is 0 Å². The molecule has 0 atom stereocenters. The van der Waals surface area contributed by atoms with Gasteiger partial charge in [0.2, 0.25) is 0 Å². The van der Waals surface area contributed by atoms with Gasteiger partial charge in [-0.3, -0.25) is 25.1 Å². The fourth-order valence-corrected chi connectivity index (χ4v) is 3.25. The van der Waals surface area contributed by atoms with Crippen molar-refractivity contribution in [2.75, 3.05) is 0 Å². The zero-order valence-corrected chi connectivity index (χ0v) is 15.2. The number of furan rings is 1. The molecule has 2 heterocycles. The number of thiocarbonyl (C=S) groups is 1. The molecule has 2 amide bonds. The van der Waals surface area contributed by atoms with Gasteiger partial charge < -0.3 is 4.42 Å². The molecule has 1 saturated heterocycles. The topological polar surface area (TPSA) is 106 Å². The average Bonchev–Trinajstić information content (AvgIpc) is 3.26. The van der Waals surface area contributed by atoms with E-state index in [0.717, 1.165) is 22.8 Å². The molecule has 1 N–H and O–H groups in total. The van der Waals surface area contributed by atoms with Crippen LogP contribution < -0.4 is 5.43 Å². The molecule has 1 aliphatic heterocycles. The number of carbonyl (C=O) groups is 2. The molecule has 0 bridgehead atoms. The quantitative estimate of drug-likeness (QED) is 0.355. The molecule has 136 valence electrons. The fourth-order valence-electron chi connectivity index (χ4n) is 2.12. The van der Waals surface area contributed by atoms with Crippen molar-refractivity contribution in [1.82, 2.24) is 10.4 Å². The van der Waals surface area contributed by atoms with Crippen LogP contribution in [0, 0.1) is 10.1 Å². The van der Waals surface area contributed by atoms with E-state index in [1.54, 1.807) is 30.4 Å². The largest absolute Gasteiger partial charge is 0.465 e. The summed E-state index contributed by atoms with van der Waals surface area (Å²) in [6, 6.07) is 8.68. The maximum atomic E-state index is 12.4. The molecule has 1 aromatic carbocycles. The monoisotopic (exact) mass is 401 g/mol. The number of nitrogens with one attached hydrogen (secondary N) is 1. The van der Waals surface area contributed by atoms with Gasteiger partial charge in [0.15, 0.2) is 4.32 Å². The number of non-ortho nitro benzene ring substituents is 1. The van der Waals surface area contributed by atoms with Crippen LogP contribution in [0.5, 0.6) is 0 Å². The zero-order valence-electron chi connectivity index (χ0n) is 13.5. The molecule has 27 heavy (non-hydrogen) atoms. The lowest BCUT2D eigenvalue weighted by molar-refractivity contribution is -0.384. The molecule has 0 aliphatic carbocycles. The van der Waals surface area contributed by atoms with Gasteiger partial charge in [-0.15, -0.1) is 0 Å². The highest BCUT2D eigenvalue weighted by atomic mass is 32.2. The van der Waals surface area contributed by atoms with Gasteiger partial charge in [-0.05, 0) is 42.6 Å². The summed E-state index contributed by atoms with van der Waals surface area (Å²) >= 11 is 6.15. The highest BCUT2D eigenvalue weighted by Crippen LogP contribution is 2.30. The molecule has 8 nitrogen and oxygen atoms in total. The average molecular weight is 401 g/mol. The van der Waals surface area contributed by atoms with Crippen molar-refractivity contribution in [3.63, 3.8) is 0 Å². The smallest absolute Gasteiger partial charge is 0.285 e. The van der Waals surface area contributed by atoms with Crippen LogP contribution in [0.4, 0.5) is 5.69 Å². The van der Waals surface area contributed by atoms with Crippen molar-refractivity contribution in [1.29, 1.82) is 0 Å². The first kappa shape index (κ1) is 18.5. The van der Waals surface area contributed by atoms with Crippen molar-refractivity contribution in [3.8, 4) is 0 Å². The number of allylic oxidation sites excluding steroid dienone is 2. The van der Waals surface area contributed by atoms with Gasteiger partial charge in [0.05, 0.1) is 16.1 Å². The molecule has 1 fully saturated rings. The van der Waals surface area contributed by atoms with Crippen molar-refractivity contribution in [2.45, 2.75) is 0 Å². The van der Waals surface area contributed by atoms with Crippen LogP contribution in [-0.4, -0.2) is 26.1 Å². The molecule has 0 saturated carbocycles. The first-order valence-electron chi connectivity index (χ1n) is 7.49. The molecule has 0 radical (unpaired) electrons. The standard InChI is InChI=1S/C17H11N3O5S2/c21-15(11-4-1-5-12(10-11)20(23)24)18-19-16(22)14(27-17(19)26)8-2-6-13-7-3-9-25-13/h1-10H,(H,18,21)/b6-2+,14-8+. The van der Waals surface area contributed by atoms with E-state index < -0.39 is 16.7 Å². The molecule has 3 rings (SSSR count). The molecule has 1 aliphatic rings. The number of amides is 2. The Morgan fingerprint density at radius 1 is 1.33 bits per heavy atom. The molecule has 10 heteroatoms. The van der Waals surface area contributed by atoms with Crippen molar-refractivity contribution >= 4 is 51.9 Å². The number of rotatable bonds is 5. The van der Waals surface area contributed by atoms with E-state index in [4.69, 9.17) is 16.6 Å². The Morgan fingerprint density at radius 3 is 2.85 bits per heavy atom. The predicted molar refractivity (Wildman–Crippen MR) is 103 cm³/mol. The molecule has 0 unspecified atom stereocenters. The number of hydrogen-bond acceptors (Lipinski definition) is 7. The predicted octanol–water partition coefficient (Wildman–Crippen LogP) is 3.29. The lowest BCUT2D eigenvalue weighted by Crippen LogP contribution is -2.44. The maximum Gasteiger partial charge on any atom is 0.285 e. The number of nitro benzene ring substituents is 1. The molecule has 1 aromatic heterocycles. The van der Waals surface area contributed by atoms with E-state index in [9.17, 15) is 19.7 Å². The summed E-state index contributed by atoms with van der Waals surface area (Å²) in [4.78, 5) is 35.3. The van der Waals surface area contributed by atoms with Gasteiger partial charge in [0.1, 0.15) is 5.76 Å². The Hall–Kier alpha value is -3.24. The Balaban J connectivity index is 1.71. The Kier molecular flexibility index (Phi) is 5.48. The third kappa shape index (κ3) is 4.30. The lowest BCUT2D eigenvalue weighted by atomic mass is 10.2. The number of nitro groups is 1. The van der Waals surface area contributed by atoms with Crippen LogP contribution in [0.2, 0.25) is 0 Å². The van der Waals surface area contributed by atoms with Crippen LogP contribution >= 0.6 is 24.0 Å². The summed E-state index contributed by atoms with van der Waals surface area (Å²) in [7, 11) is 0. The summed E-state index contributed by atoms with van der Waals surface area (Å²) < 4.78 is 5.30. The van der Waals surface area contributed by atoms with Gasteiger partial charge in [-0.25, -0.2) is 0 Å². The normalized spacial score (nSPS) is 15.7. The van der Waals surface area contributed by atoms with Gasteiger partial charge in [0, 0.05) is 17.7 Å². The highest BCUT2D eigenvalue weighted by molar-refractivity contribution is 8.26. The highest BCUT2D eigenvalue weighted by Gasteiger charge is 2.33. The van der Waals surface area contributed by atoms with Crippen molar-refractivity contribution in [3.05, 3.63) is 81.2 Å². The minimum Gasteiger partial charge on any atom is -0.465 e. The Bertz CT molecular complexity index is 982. The van der Waals surface area contributed by atoms with Crippen molar-refractivity contribution < 1.29 is 18.9 Å². The zero-order chi connectivity index (χ0) is 19.4. The molecule has 0 spiro atoms. The van der Waals surface area contributed by atoms with E-state index in [2.05, 4.69) is 5.43 Å². The minimum absolute atomic E-state index is 0.0416. The number of nitrogens with zero attached hydrogens (tertiary/aromatic N) is 2. The van der Waals surface area contributed by atoms with Crippen LogP contribution in [-0.2, 0) is 4.79 Å². The van der Waals surface area contributed by atoms with Gasteiger partial charge in [0.25, 0.3) is 17.5 Å². The summed E-state index contributed by atoms with van der Waals surface area (Å²) in [5.74, 6) is -0.545. The number of hydrazine groups is 1. The second-order valence-electron chi connectivity index (χ2n) is 5.16. The Morgan fingerprint density at radius 2 is 2.15 bits per heavy atom. The summed E-state index contributed by atoms with van der Waals surface area (Å²) in [6.07, 6.45) is 6.39. The SMILES string of the molecule is O=C(NN1C(=O)/C(=C\C=C\c2ccco2)SC1=S)c1cccc([N+](=O)[O-])c1. The van der Waals surface area contributed by atoms with Crippen LogP contribution in [0.15, 0.2) is 64.1 Å². The first-order chi connectivity index (χ1) is 13.0. The third-order valence-corrected chi connectivity index (χ3v) is 4.70. The lowest BCUT2D eigenvalue weighted by Gasteiger charge is -2.15. The number of carbonyl (C=O) groups excluding carboxylic acids is 2. The van der Waals surface area contributed by atoms with Gasteiger partial charge >= 0.3 is 0 Å². The molecule has 2 aromatic rings. The van der Waals surface area contributed by atoms with E-state index in [-0.39, 0.29) is 15.6 Å². The second kappa shape index (κ2) is 7.98. The van der Waals surface area contributed by atoms with E-state index in [0.29, 0.717) is 10.7 Å². The van der Waals surface area contributed by atoms with Crippen molar-refractivity contribution in [2.24, 2.45) is 0 Å². The van der Waals surface area contributed by atoms with E-state index >= 15 is 0 Å². The number of benzene rings is 1. The third-order valence-electron chi connectivity index (χ3n) is 3.38. The maximum absolute atomic E-state index is 12.4. The minimum atomic E-state index is -0.678. The number of hydrogen-bond donors (Lipinski definition) is 1. The second-order valence-corrected chi connectivity index (χ2v) is 6.84. The molecular weight excluding hydrogens is 390 g/mol. The summed E-state index contributed by atoms with van der Waals surface area (Å²) in [6.45, 7) is 0. The summed E-state index contributed by atoms with van der Waals surface area (Å²) in [5, 5.41) is 11.8.